The fourth-order valence-corrected chi connectivity index (χ4v) is 2.47. The van der Waals surface area contributed by atoms with Gasteiger partial charge in [-0.2, -0.15) is 5.10 Å². The SMILES string of the molecule is Cc1nn(C)c(Cl)c1Cn1cc(N)c(=O)c(Br)c1. The number of hydrogen-bond acceptors (Lipinski definition) is 3. The van der Waals surface area contributed by atoms with Crippen molar-refractivity contribution in [1.82, 2.24) is 14.3 Å². The van der Waals surface area contributed by atoms with Crippen LogP contribution < -0.4 is 11.2 Å². The number of nitrogens with two attached hydrogens (primary N) is 1. The van der Waals surface area contributed by atoms with E-state index >= 15 is 0 Å². The molecule has 0 aliphatic carbocycles. The zero-order valence-electron chi connectivity index (χ0n) is 9.94. The van der Waals surface area contributed by atoms with Crippen molar-refractivity contribution in [2.24, 2.45) is 7.05 Å². The molecular formula is C11H12BrClN4O. The van der Waals surface area contributed by atoms with E-state index in [1.807, 2.05) is 6.92 Å². The van der Waals surface area contributed by atoms with Gasteiger partial charge < -0.3 is 10.3 Å². The molecule has 0 aromatic carbocycles. The number of nitrogen functional groups attached to an aromatic ring is 1. The molecule has 96 valence electrons. The van der Waals surface area contributed by atoms with Crippen LogP contribution in [0.5, 0.6) is 0 Å². The first kappa shape index (κ1) is 13.2. The summed E-state index contributed by atoms with van der Waals surface area (Å²) in [6.07, 6.45) is 3.28. The quantitative estimate of drug-likeness (QED) is 0.914. The van der Waals surface area contributed by atoms with Crippen molar-refractivity contribution >= 4 is 33.2 Å². The summed E-state index contributed by atoms with van der Waals surface area (Å²) < 4.78 is 3.85. The Hall–Kier alpha value is -1.27. The van der Waals surface area contributed by atoms with Crippen LogP contribution >= 0.6 is 27.5 Å². The van der Waals surface area contributed by atoms with Gasteiger partial charge in [-0.3, -0.25) is 9.48 Å². The first-order chi connectivity index (χ1) is 8.40. The Kier molecular flexibility index (Phi) is 3.49. The lowest BCUT2D eigenvalue weighted by molar-refractivity contribution is 0.756. The molecule has 0 bridgehead atoms. The summed E-state index contributed by atoms with van der Waals surface area (Å²) >= 11 is 9.34. The summed E-state index contributed by atoms with van der Waals surface area (Å²) in [5, 5.41) is 4.82. The van der Waals surface area contributed by atoms with Gasteiger partial charge in [-0.25, -0.2) is 0 Å². The molecule has 7 heteroatoms. The molecule has 0 fully saturated rings. The summed E-state index contributed by atoms with van der Waals surface area (Å²) in [6, 6.07) is 0. The fourth-order valence-electron chi connectivity index (χ4n) is 1.74. The summed E-state index contributed by atoms with van der Waals surface area (Å²) in [5.41, 5.74) is 7.40. The number of rotatable bonds is 2. The van der Waals surface area contributed by atoms with Crippen LogP contribution in [0.4, 0.5) is 5.69 Å². The molecule has 0 spiro atoms. The summed E-state index contributed by atoms with van der Waals surface area (Å²) in [4.78, 5) is 11.5. The second kappa shape index (κ2) is 4.78. The van der Waals surface area contributed by atoms with Gasteiger partial charge in [0.1, 0.15) is 5.15 Å². The lowest BCUT2D eigenvalue weighted by Crippen LogP contribution is -2.13. The summed E-state index contributed by atoms with van der Waals surface area (Å²) in [6.45, 7) is 2.41. The van der Waals surface area contributed by atoms with E-state index in [1.165, 1.54) is 0 Å². The van der Waals surface area contributed by atoms with E-state index in [2.05, 4.69) is 21.0 Å². The molecule has 18 heavy (non-hydrogen) atoms. The van der Waals surface area contributed by atoms with Crippen LogP contribution in [0.15, 0.2) is 21.7 Å². The standard InChI is InChI=1S/C11H12BrClN4O/c1-6-7(11(13)16(2)15-6)3-17-4-8(12)10(18)9(14)5-17/h4-5H,3,14H2,1-2H3. The van der Waals surface area contributed by atoms with Gasteiger partial charge in [-0.1, -0.05) is 11.6 Å². The average molecular weight is 332 g/mol. The Morgan fingerprint density at radius 2 is 2.17 bits per heavy atom. The van der Waals surface area contributed by atoms with Crippen LogP contribution in [0.3, 0.4) is 0 Å². The number of aromatic nitrogens is 3. The Morgan fingerprint density at radius 1 is 1.50 bits per heavy atom. The molecule has 2 heterocycles. The third-order valence-electron chi connectivity index (χ3n) is 2.67. The molecule has 2 aromatic heterocycles. The molecule has 2 N–H and O–H groups in total. The Balaban J connectivity index is 2.43. The fraction of sp³-hybridized carbons (Fsp3) is 0.273. The first-order valence-corrected chi connectivity index (χ1v) is 6.40. The normalized spacial score (nSPS) is 10.9. The van der Waals surface area contributed by atoms with Crippen LogP contribution in [0.1, 0.15) is 11.3 Å². The lowest BCUT2D eigenvalue weighted by atomic mass is 10.2. The number of pyridine rings is 1. The number of aryl methyl sites for hydroxylation is 2. The van der Waals surface area contributed by atoms with Gasteiger partial charge in [0, 0.05) is 25.0 Å². The van der Waals surface area contributed by atoms with E-state index in [0.29, 0.717) is 16.2 Å². The van der Waals surface area contributed by atoms with E-state index in [1.54, 1.807) is 28.7 Å². The molecule has 0 saturated carbocycles. The third-order valence-corrected chi connectivity index (χ3v) is 3.71. The second-order valence-corrected chi connectivity index (χ2v) is 5.25. The highest BCUT2D eigenvalue weighted by Crippen LogP contribution is 2.20. The van der Waals surface area contributed by atoms with Crippen LogP contribution in [-0.2, 0) is 13.6 Å². The number of hydrogen-bond donors (Lipinski definition) is 1. The van der Waals surface area contributed by atoms with Crippen molar-refractivity contribution in [2.75, 3.05) is 5.73 Å². The highest BCUT2D eigenvalue weighted by Gasteiger charge is 2.12. The van der Waals surface area contributed by atoms with Crippen molar-refractivity contribution in [3.63, 3.8) is 0 Å². The van der Waals surface area contributed by atoms with Gasteiger partial charge in [0.15, 0.2) is 0 Å². The predicted octanol–water partition coefficient (Wildman–Crippen LogP) is 1.94. The molecule has 2 rings (SSSR count). The average Bonchev–Trinajstić information content (AvgIpc) is 2.53. The zero-order valence-corrected chi connectivity index (χ0v) is 12.3. The largest absolute Gasteiger partial charge is 0.394 e. The number of anilines is 1. The highest BCUT2D eigenvalue weighted by molar-refractivity contribution is 9.10. The van der Waals surface area contributed by atoms with Crippen LogP contribution in [-0.4, -0.2) is 14.3 Å². The van der Waals surface area contributed by atoms with Crippen molar-refractivity contribution in [3.8, 4) is 0 Å². The monoisotopic (exact) mass is 330 g/mol. The molecule has 0 atom stereocenters. The third kappa shape index (κ3) is 2.30. The Bertz CT molecular complexity index is 636. The van der Waals surface area contributed by atoms with Gasteiger partial charge in [-0.05, 0) is 22.9 Å². The Labute approximate surface area is 117 Å². The highest BCUT2D eigenvalue weighted by atomic mass is 79.9. The molecule has 0 saturated heterocycles. The van der Waals surface area contributed by atoms with Gasteiger partial charge in [0.05, 0.1) is 22.4 Å². The van der Waals surface area contributed by atoms with Crippen molar-refractivity contribution < 1.29 is 0 Å². The lowest BCUT2D eigenvalue weighted by Gasteiger charge is -2.08. The zero-order chi connectivity index (χ0) is 13.4. The Morgan fingerprint density at radius 3 is 2.67 bits per heavy atom. The van der Waals surface area contributed by atoms with Gasteiger partial charge in [0.2, 0.25) is 5.43 Å². The minimum absolute atomic E-state index is 0.196. The maximum atomic E-state index is 11.5. The van der Waals surface area contributed by atoms with Crippen LogP contribution in [0, 0.1) is 6.92 Å². The second-order valence-electron chi connectivity index (χ2n) is 4.04. The molecule has 0 aliphatic rings. The molecule has 0 unspecified atom stereocenters. The minimum atomic E-state index is -0.208. The minimum Gasteiger partial charge on any atom is -0.394 e. The van der Waals surface area contributed by atoms with E-state index < -0.39 is 0 Å². The summed E-state index contributed by atoms with van der Waals surface area (Å²) in [5.74, 6) is 0. The molecule has 0 amide bonds. The van der Waals surface area contributed by atoms with E-state index in [0.717, 1.165) is 11.3 Å². The molecule has 2 aromatic rings. The van der Waals surface area contributed by atoms with Crippen molar-refractivity contribution in [2.45, 2.75) is 13.5 Å². The van der Waals surface area contributed by atoms with E-state index in [-0.39, 0.29) is 11.1 Å². The predicted molar refractivity (Wildman–Crippen MR) is 74.9 cm³/mol. The van der Waals surface area contributed by atoms with Gasteiger partial charge >= 0.3 is 0 Å². The van der Waals surface area contributed by atoms with Crippen LogP contribution in [0.25, 0.3) is 0 Å². The van der Waals surface area contributed by atoms with E-state index in [4.69, 9.17) is 17.3 Å². The van der Waals surface area contributed by atoms with Crippen LogP contribution in [0.2, 0.25) is 5.15 Å². The maximum absolute atomic E-state index is 11.5. The smallest absolute Gasteiger partial charge is 0.218 e. The molecule has 0 aliphatic heterocycles. The van der Waals surface area contributed by atoms with Crippen molar-refractivity contribution in [3.05, 3.63) is 43.5 Å². The number of nitrogens with zero attached hydrogens (tertiary/aromatic N) is 3. The first-order valence-electron chi connectivity index (χ1n) is 5.23. The van der Waals surface area contributed by atoms with Crippen molar-refractivity contribution in [1.29, 1.82) is 0 Å². The molecule has 5 nitrogen and oxygen atoms in total. The molecular weight excluding hydrogens is 320 g/mol. The van der Waals surface area contributed by atoms with Gasteiger partial charge in [0.25, 0.3) is 0 Å². The van der Waals surface area contributed by atoms with Gasteiger partial charge in [-0.15, -0.1) is 0 Å². The molecule has 0 radical (unpaired) electrons. The topological polar surface area (TPSA) is 65.8 Å². The maximum Gasteiger partial charge on any atom is 0.218 e. The van der Waals surface area contributed by atoms with E-state index in [9.17, 15) is 4.79 Å². The number of halogens is 2. The summed E-state index contributed by atoms with van der Waals surface area (Å²) in [7, 11) is 1.79.